The Balaban J connectivity index is 2.81. The van der Waals surface area contributed by atoms with Gasteiger partial charge in [0.05, 0.1) is 0 Å². The fourth-order valence-corrected chi connectivity index (χ4v) is 1.66. The number of hydrogen-bond acceptors (Lipinski definition) is 2. The van der Waals surface area contributed by atoms with Crippen LogP contribution in [0.3, 0.4) is 0 Å². The Morgan fingerprint density at radius 1 is 1.58 bits per heavy atom. The van der Waals surface area contributed by atoms with Gasteiger partial charge in [0.2, 0.25) is 0 Å². The van der Waals surface area contributed by atoms with E-state index in [-0.39, 0.29) is 5.97 Å². The molecule has 0 saturated carbocycles. The molecule has 0 aliphatic carbocycles. The van der Waals surface area contributed by atoms with Crippen molar-refractivity contribution in [2.75, 3.05) is 6.61 Å². The number of ether oxygens (including phenoxy) is 1. The van der Waals surface area contributed by atoms with E-state index in [1.807, 2.05) is 25.1 Å². The molecule has 59 valence electrons. The predicted molar refractivity (Wildman–Crippen MR) is 42.0 cm³/mol. The zero-order chi connectivity index (χ0) is 8.97. The van der Waals surface area contributed by atoms with Crippen molar-refractivity contribution in [3.05, 3.63) is 29.8 Å². The maximum atomic E-state index is 11.2. The molecule has 0 aromatic heterocycles. The van der Waals surface area contributed by atoms with E-state index in [1.165, 1.54) is 4.16 Å². The maximum absolute atomic E-state index is 11.2. The number of carbonyl (C=O) groups is 1. The molecule has 3 heteroatoms. The van der Waals surface area contributed by atoms with Gasteiger partial charge in [-0.1, -0.05) is 0 Å². The second-order valence-electron chi connectivity index (χ2n) is 2.42. The van der Waals surface area contributed by atoms with Gasteiger partial charge in [0.1, 0.15) is 0 Å². The quantitative estimate of drug-likeness (QED) is 0.543. The summed E-state index contributed by atoms with van der Waals surface area (Å²) in [4.78, 5) is 11.2. The van der Waals surface area contributed by atoms with Gasteiger partial charge in [-0.3, -0.25) is 0 Å². The number of esters is 1. The van der Waals surface area contributed by atoms with Gasteiger partial charge in [-0.2, -0.15) is 0 Å². The molecule has 0 aliphatic heterocycles. The molecule has 0 spiro atoms. The van der Waals surface area contributed by atoms with E-state index in [0.29, 0.717) is 12.2 Å². The van der Waals surface area contributed by atoms with Crippen LogP contribution in [0.4, 0.5) is 0 Å². The van der Waals surface area contributed by atoms with Gasteiger partial charge in [-0.15, -0.1) is 0 Å². The molecular weight excluding hydrogens is 205 g/mol. The molecule has 0 heterocycles. The van der Waals surface area contributed by atoms with E-state index < -0.39 is 0 Å². The molecule has 0 fully saturated rings. The Bertz CT molecular complexity index is 284. The van der Waals surface area contributed by atoms with Crippen LogP contribution >= 0.6 is 0 Å². The van der Waals surface area contributed by atoms with Crippen molar-refractivity contribution in [2.24, 2.45) is 0 Å². The van der Waals surface area contributed by atoms with E-state index in [2.05, 4.69) is 0 Å². The minimum atomic E-state index is -0.229. The van der Waals surface area contributed by atoms with Crippen molar-refractivity contribution in [1.29, 1.82) is 0 Å². The molecule has 0 N–H and O–H groups in total. The summed E-state index contributed by atoms with van der Waals surface area (Å²) < 4.78 is 6.05. The van der Waals surface area contributed by atoms with E-state index in [0.717, 1.165) is 18.3 Å². The molecule has 0 aliphatic rings. The van der Waals surface area contributed by atoms with Crippen LogP contribution in [0.5, 0.6) is 0 Å². The summed E-state index contributed by atoms with van der Waals surface area (Å²) in [6.07, 6.45) is 0. The van der Waals surface area contributed by atoms with Crippen LogP contribution in [-0.2, 0) is 23.0 Å². The average Bonchev–Trinajstić information content (AvgIpc) is 2.05. The Labute approximate surface area is 81.6 Å². The monoisotopic (exact) mass is 213 g/mol. The van der Waals surface area contributed by atoms with Crippen molar-refractivity contribution in [3.63, 3.8) is 0 Å². The van der Waals surface area contributed by atoms with Crippen LogP contribution in [0, 0.1) is 0 Å². The van der Waals surface area contributed by atoms with Crippen LogP contribution in [0.1, 0.15) is 17.3 Å². The standard InChI is InChI=1S/C9H9O2.Zn/c1-2-11-9(10)8-6-4-3-5-7-8;/h3-4,6-7H,2H2,1H3;. The third-order valence-electron chi connectivity index (χ3n) is 1.44. The van der Waals surface area contributed by atoms with Crippen LogP contribution in [0.25, 0.3) is 0 Å². The summed E-state index contributed by atoms with van der Waals surface area (Å²) in [5.74, 6) is -0.229. The topological polar surface area (TPSA) is 26.3 Å². The fourth-order valence-electron chi connectivity index (χ4n) is 0.913. The summed E-state index contributed by atoms with van der Waals surface area (Å²) in [7, 11) is 0. The van der Waals surface area contributed by atoms with E-state index in [1.54, 1.807) is 6.07 Å². The van der Waals surface area contributed by atoms with Gasteiger partial charge in [0.15, 0.2) is 0 Å². The van der Waals surface area contributed by atoms with Crippen molar-refractivity contribution >= 4 is 10.1 Å². The summed E-state index contributed by atoms with van der Waals surface area (Å²) >= 11 is 1.06. The molecule has 1 aromatic carbocycles. The molecule has 12 heavy (non-hydrogen) atoms. The van der Waals surface area contributed by atoms with Gasteiger partial charge in [0, 0.05) is 0 Å². The number of benzene rings is 1. The first-order valence-electron chi connectivity index (χ1n) is 3.83. The number of hydrogen-bond donors (Lipinski definition) is 0. The van der Waals surface area contributed by atoms with Crippen molar-refractivity contribution in [2.45, 2.75) is 6.92 Å². The number of carbonyl (C=O) groups excluding carboxylic acids is 1. The van der Waals surface area contributed by atoms with Crippen LogP contribution in [0.15, 0.2) is 24.3 Å². The fraction of sp³-hybridized carbons (Fsp3) is 0.222. The molecular formula is C9H9O2Zn. The van der Waals surface area contributed by atoms with E-state index >= 15 is 0 Å². The molecule has 0 radical (unpaired) electrons. The second-order valence-corrected chi connectivity index (χ2v) is 4.13. The van der Waals surface area contributed by atoms with Crippen LogP contribution < -0.4 is 4.16 Å². The molecule has 0 amide bonds. The molecule has 0 bridgehead atoms. The van der Waals surface area contributed by atoms with Crippen molar-refractivity contribution in [3.8, 4) is 0 Å². The molecule has 1 rings (SSSR count). The van der Waals surface area contributed by atoms with Gasteiger partial charge in [-0.25, -0.2) is 0 Å². The zero-order valence-electron chi connectivity index (χ0n) is 7.04. The van der Waals surface area contributed by atoms with E-state index in [9.17, 15) is 4.79 Å². The molecule has 1 aromatic rings. The first-order chi connectivity index (χ1) is 5.74. The zero-order valence-corrected chi connectivity index (χ0v) is 10.0. The first kappa shape index (κ1) is 9.40. The Kier molecular flexibility index (Phi) is 3.42. The Morgan fingerprint density at radius 3 is 2.92 bits per heavy atom. The molecule has 0 atom stereocenters. The van der Waals surface area contributed by atoms with Gasteiger partial charge in [0.25, 0.3) is 0 Å². The molecule has 0 saturated heterocycles. The molecule has 0 unspecified atom stereocenters. The van der Waals surface area contributed by atoms with E-state index in [4.69, 9.17) is 4.74 Å². The summed E-state index contributed by atoms with van der Waals surface area (Å²) in [5.41, 5.74) is 0.653. The second kappa shape index (κ2) is 4.37. The average molecular weight is 215 g/mol. The van der Waals surface area contributed by atoms with Crippen LogP contribution in [0.2, 0.25) is 0 Å². The van der Waals surface area contributed by atoms with Crippen LogP contribution in [-0.4, -0.2) is 12.6 Å². The Morgan fingerprint density at radius 2 is 2.33 bits per heavy atom. The summed E-state index contributed by atoms with van der Waals surface area (Å²) in [6.45, 7) is 2.24. The minimum absolute atomic E-state index is 0.229. The van der Waals surface area contributed by atoms with Gasteiger partial charge < -0.3 is 0 Å². The Hall–Kier alpha value is -0.687. The first-order valence-corrected chi connectivity index (χ1v) is 5.31. The van der Waals surface area contributed by atoms with Gasteiger partial charge in [-0.05, 0) is 0 Å². The number of rotatable bonds is 2. The van der Waals surface area contributed by atoms with Gasteiger partial charge >= 0.3 is 81.3 Å². The normalized spacial score (nSPS) is 9.58. The molecule has 2 nitrogen and oxygen atoms in total. The van der Waals surface area contributed by atoms with Crippen molar-refractivity contribution < 1.29 is 27.8 Å². The predicted octanol–water partition coefficient (Wildman–Crippen LogP) is 1.04. The van der Waals surface area contributed by atoms with Crippen molar-refractivity contribution in [1.82, 2.24) is 0 Å². The summed E-state index contributed by atoms with van der Waals surface area (Å²) in [6, 6.07) is 7.53. The third-order valence-corrected chi connectivity index (χ3v) is 2.36. The summed E-state index contributed by atoms with van der Waals surface area (Å²) in [5, 5.41) is 0. The SMILES string of the molecule is CCOC(=O)c1ccc[c]([Zn])c1. The third kappa shape index (κ3) is 2.42.